The highest BCUT2D eigenvalue weighted by Crippen LogP contribution is 2.08. The van der Waals surface area contributed by atoms with Crippen molar-refractivity contribution < 1.29 is 4.79 Å². The third-order valence-corrected chi connectivity index (χ3v) is 3.22. The van der Waals surface area contributed by atoms with E-state index in [2.05, 4.69) is 15.3 Å². The Morgan fingerprint density at radius 2 is 2.15 bits per heavy atom. The third kappa shape index (κ3) is 5.42. The van der Waals surface area contributed by atoms with Crippen LogP contribution in [-0.4, -0.2) is 22.4 Å². The molecule has 2 aromatic heterocycles. The van der Waals surface area contributed by atoms with E-state index in [1.165, 1.54) is 11.3 Å². The first-order chi connectivity index (χ1) is 8.79. The summed E-state index contributed by atoms with van der Waals surface area (Å²) in [5, 5.41) is 5.30. The highest BCUT2D eigenvalue weighted by Gasteiger charge is 2.09. The fourth-order valence-corrected chi connectivity index (χ4v) is 2.10. The van der Waals surface area contributed by atoms with E-state index in [0.29, 0.717) is 25.2 Å². The summed E-state index contributed by atoms with van der Waals surface area (Å²) in [6.07, 6.45) is 2.45. The van der Waals surface area contributed by atoms with Crippen LogP contribution in [0.2, 0.25) is 0 Å². The van der Waals surface area contributed by atoms with Crippen molar-refractivity contribution in [3.63, 3.8) is 0 Å². The molecule has 0 bridgehead atoms. The average molecular weight is 335 g/mol. The van der Waals surface area contributed by atoms with Crippen molar-refractivity contribution in [1.29, 1.82) is 0 Å². The van der Waals surface area contributed by atoms with Crippen LogP contribution >= 0.6 is 36.2 Å². The van der Waals surface area contributed by atoms with Gasteiger partial charge in [-0.1, -0.05) is 6.07 Å². The summed E-state index contributed by atoms with van der Waals surface area (Å²) >= 11 is 1.40. The Kier molecular flexibility index (Phi) is 9.07. The van der Waals surface area contributed by atoms with Gasteiger partial charge in [0.25, 0.3) is 5.91 Å². The number of aromatic nitrogens is 2. The van der Waals surface area contributed by atoms with Gasteiger partial charge in [-0.3, -0.25) is 9.78 Å². The van der Waals surface area contributed by atoms with E-state index < -0.39 is 0 Å². The summed E-state index contributed by atoms with van der Waals surface area (Å²) in [4.78, 5) is 20.0. The molecule has 0 aliphatic rings. The van der Waals surface area contributed by atoms with Crippen LogP contribution in [0.3, 0.4) is 0 Å². The number of halogens is 2. The standard InChI is InChI=1S/C12H14N4OS.2ClH/c13-7-11-16-10(8-18-11)12(17)15-6-4-9-3-1-2-5-14-9;;/h1-3,5,8H,4,6-7,13H2,(H,15,17);2*1H. The van der Waals surface area contributed by atoms with Crippen molar-refractivity contribution in [3.05, 3.63) is 46.2 Å². The number of carbonyl (C=O) groups excluding carboxylic acids is 1. The molecule has 2 rings (SSSR count). The molecule has 2 aromatic rings. The largest absolute Gasteiger partial charge is 0.350 e. The third-order valence-electron chi connectivity index (χ3n) is 2.35. The number of nitrogens with one attached hydrogen (secondary N) is 1. The number of nitrogens with two attached hydrogens (primary N) is 1. The van der Waals surface area contributed by atoms with Gasteiger partial charge in [-0.25, -0.2) is 4.98 Å². The smallest absolute Gasteiger partial charge is 0.270 e. The number of amides is 1. The van der Waals surface area contributed by atoms with Crippen LogP contribution in [0, 0.1) is 0 Å². The summed E-state index contributed by atoms with van der Waals surface area (Å²) in [6.45, 7) is 0.914. The molecule has 1 amide bonds. The predicted octanol–water partition coefficient (Wildman–Crippen LogP) is 1.81. The van der Waals surface area contributed by atoms with Gasteiger partial charge in [0.05, 0.1) is 0 Å². The quantitative estimate of drug-likeness (QED) is 0.873. The van der Waals surface area contributed by atoms with E-state index in [1.807, 2.05) is 18.2 Å². The van der Waals surface area contributed by atoms with Gasteiger partial charge in [0, 0.05) is 36.8 Å². The first kappa shape index (κ1) is 18.8. The second kappa shape index (κ2) is 9.66. The molecule has 0 spiro atoms. The first-order valence-corrected chi connectivity index (χ1v) is 6.50. The van der Waals surface area contributed by atoms with Crippen molar-refractivity contribution in [3.8, 4) is 0 Å². The maximum absolute atomic E-state index is 11.7. The number of carbonyl (C=O) groups is 1. The van der Waals surface area contributed by atoms with E-state index >= 15 is 0 Å². The normalized spacial score (nSPS) is 9.25. The molecule has 0 aromatic carbocycles. The first-order valence-electron chi connectivity index (χ1n) is 5.62. The highest BCUT2D eigenvalue weighted by molar-refractivity contribution is 7.09. The van der Waals surface area contributed by atoms with Gasteiger partial charge in [0.2, 0.25) is 0 Å². The molecule has 2 heterocycles. The second-order valence-electron chi connectivity index (χ2n) is 3.66. The summed E-state index contributed by atoms with van der Waals surface area (Å²) < 4.78 is 0. The lowest BCUT2D eigenvalue weighted by atomic mass is 10.2. The Labute approximate surface area is 133 Å². The molecule has 0 atom stereocenters. The minimum atomic E-state index is -0.165. The molecule has 110 valence electrons. The highest BCUT2D eigenvalue weighted by atomic mass is 35.5. The monoisotopic (exact) mass is 334 g/mol. The Morgan fingerprint density at radius 1 is 1.35 bits per heavy atom. The lowest BCUT2D eigenvalue weighted by molar-refractivity contribution is 0.0949. The molecule has 8 heteroatoms. The fraction of sp³-hybridized carbons (Fsp3) is 0.250. The Hall–Kier alpha value is -1.21. The van der Waals surface area contributed by atoms with Crippen LogP contribution < -0.4 is 11.1 Å². The molecule has 3 N–H and O–H groups in total. The van der Waals surface area contributed by atoms with Gasteiger partial charge in [-0.05, 0) is 12.1 Å². The van der Waals surface area contributed by atoms with Crippen LogP contribution in [-0.2, 0) is 13.0 Å². The molecule has 0 aliphatic heterocycles. The van der Waals surface area contributed by atoms with Crippen molar-refractivity contribution in [2.45, 2.75) is 13.0 Å². The summed E-state index contributed by atoms with van der Waals surface area (Å²) in [5.74, 6) is -0.165. The van der Waals surface area contributed by atoms with Gasteiger partial charge in [0.15, 0.2) is 0 Å². The number of rotatable bonds is 5. The molecular weight excluding hydrogens is 319 g/mol. The van der Waals surface area contributed by atoms with Crippen LogP contribution in [0.15, 0.2) is 29.8 Å². The molecular formula is C12H16Cl2N4OS. The number of pyridine rings is 1. The molecule has 20 heavy (non-hydrogen) atoms. The van der Waals surface area contributed by atoms with Crippen LogP contribution in [0.4, 0.5) is 0 Å². The lowest BCUT2D eigenvalue weighted by Gasteiger charge is -2.02. The van der Waals surface area contributed by atoms with Crippen molar-refractivity contribution in [2.24, 2.45) is 5.73 Å². The summed E-state index contributed by atoms with van der Waals surface area (Å²) in [5.41, 5.74) is 6.84. The van der Waals surface area contributed by atoms with Crippen LogP contribution in [0.5, 0.6) is 0 Å². The van der Waals surface area contributed by atoms with Crippen LogP contribution in [0.1, 0.15) is 21.2 Å². The number of hydrogen-bond donors (Lipinski definition) is 2. The topological polar surface area (TPSA) is 80.9 Å². The SMILES string of the molecule is Cl.Cl.NCc1nc(C(=O)NCCc2ccccn2)cs1. The van der Waals surface area contributed by atoms with Gasteiger partial charge >= 0.3 is 0 Å². The molecule has 0 saturated carbocycles. The Morgan fingerprint density at radius 3 is 2.75 bits per heavy atom. The zero-order valence-electron chi connectivity index (χ0n) is 10.6. The van der Waals surface area contributed by atoms with E-state index in [9.17, 15) is 4.79 Å². The number of hydrogen-bond acceptors (Lipinski definition) is 5. The summed E-state index contributed by atoms with van der Waals surface area (Å²) in [6, 6.07) is 5.73. The molecule has 0 aliphatic carbocycles. The van der Waals surface area contributed by atoms with E-state index in [4.69, 9.17) is 5.73 Å². The minimum absolute atomic E-state index is 0. The zero-order valence-corrected chi connectivity index (χ0v) is 13.1. The fourth-order valence-electron chi connectivity index (χ4n) is 1.45. The minimum Gasteiger partial charge on any atom is -0.350 e. The molecule has 0 saturated heterocycles. The van der Waals surface area contributed by atoms with Gasteiger partial charge in [-0.15, -0.1) is 36.2 Å². The Balaban J connectivity index is 0.00000180. The number of nitrogens with zero attached hydrogens (tertiary/aromatic N) is 2. The van der Waals surface area contributed by atoms with Crippen molar-refractivity contribution in [2.75, 3.05) is 6.54 Å². The second-order valence-corrected chi connectivity index (χ2v) is 4.60. The summed E-state index contributed by atoms with van der Waals surface area (Å²) in [7, 11) is 0. The molecule has 0 radical (unpaired) electrons. The molecule has 0 fully saturated rings. The van der Waals surface area contributed by atoms with Gasteiger partial charge in [-0.2, -0.15) is 0 Å². The average Bonchev–Trinajstić information content (AvgIpc) is 2.89. The maximum Gasteiger partial charge on any atom is 0.270 e. The lowest BCUT2D eigenvalue weighted by Crippen LogP contribution is -2.26. The van der Waals surface area contributed by atoms with Crippen molar-refractivity contribution >= 4 is 42.1 Å². The zero-order chi connectivity index (χ0) is 12.8. The van der Waals surface area contributed by atoms with E-state index in [-0.39, 0.29) is 30.7 Å². The van der Waals surface area contributed by atoms with Crippen LogP contribution in [0.25, 0.3) is 0 Å². The van der Waals surface area contributed by atoms with Gasteiger partial charge < -0.3 is 11.1 Å². The molecule has 5 nitrogen and oxygen atoms in total. The molecule has 0 unspecified atom stereocenters. The maximum atomic E-state index is 11.7. The van der Waals surface area contributed by atoms with E-state index in [1.54, 1.807) is 11.6 Å². The Bertz CT molecular complexity index is 521. The predicted molar refractivity (Wildman–Crippen MR) is 84.8 cm³/mol. The van der Waals surface area contributed by atoms with Crippen molar-refractivity contribution in [1.82, 2.24) is 15.3 Å². The number of thiazole rings is 1. The van der Waals surface area contributed by atoms with Gasteiger partial charge in [0.1, 0.15) is 10.7 Å². The van der Waals surface area contributed by atoms with E-state index in [0.717, 1.165) is 10.7 Å².